The van der Waals surface area contributed by atoms with Gasteiger partial charge in [0.05, 0.1) is 27.8 Å². The van der Waals surface area contributed by atoms with Crippen LogP contribution in [-0.4, -0.2) is 27.2 Å². The number of nitrogens with one attached hydrogen (secondary N) is 1. The van der Waals surface area contributed by atoms with E-state index >= 15 is 0 Å². The number of aryl methyl sites for hydroxylation is 1. The minimum atomic E-state index is -0.0745. The van der Waals surface area contributed by atoms with E-state index in [0.29, 0.717) is 17.2 Å². The van der Waals surface area contributed by atoms with Crippen molar-refractivity contribution in [2.75, 3.05) is 26.6 Å². The normalized spacial score (nSPS) is 12.9. The average Bonchev–Trinajstić information content (AvgIpc) is 2.67. The standard InChI is InChI=1S/C21H25NO4/c1-24-18-12-11-15(20(25-2)21(18)26-3)13-19(23)22-17-10-6-8-14-7-4-5-9-16(14)17/h6,8,10-12H,4-5,7,9,13H2,1-3H3,(H,22,23). The van der Waals surface area contributed by atoms with E-state index in [0.717, 1.165) is 24.1 Å². The maximum absolute atomic E-state index is 12.7. The highest BCUT2D eigenvalue weighted by Crippen LogP contribution is 2.40. The van der Waals surface area contributed by atoms with Crippen LogP contribution in [0.5, 0.6) is 17.2 Å². The van der Waals surface area contributed by atoms with Crippen molar-refractivity contribution in [2.24, 2.45) is 0 Å². The van der Waals surface area contributed by atoms with Gasteiger partial charge in [0.1, 0.15) is 0 Å². The molecule has 0 radical (unpaired) electrons. The van der Waals surface area contributed by atoms with Crippen molar-refractivity contribution in [3.8, 4) is 17.2 Å². The molecule has 0 bridgehead atoms. The number of benzene rings is 2. The second-order valence-corrected chi connectivity index (χ2v) is 6.37. The van der Waals surface area contributed by atoms with E-state index < -0.39 is 0 Å². The molecular formula is C21H25NO4. The van der Waals surface area contributed by atoms with Gasteiger partial charge in [-0.25, -0.2) is 0 Å². The molecule has 26 heavy (non-hydrogen) atoms. The highest BCUT2D eigenvalue weighted by atomic mass is 16.5. The molecule has 0 aromatic heterocycles. The summed E-state index contributed by atoms with van der Waals surface area (Å²) in [6.07, 6.45) is 4.69. The summed E-state index contributed by atoms with van der Waals surface area (Å²) in [5.74, 6) is 1.52. The summed E-state index contributed by atoms with van der Waals surface area (Å²) in [7, 11) is 4.69. The molecule has 1 aliphatic carbocycles. The lowest BCUT2D eigenvalue weighted by atomic mass is 9.90. The number of rotatable bonds is 6. The molecule has 2 aromatic rings. The maximum atomic E-state index is 12.7. The number of ether oxygens (including phenoxy) is 3. The van der Waals surface area contributed by atoms with Crippen LogP contribution in [0.1, 0.15) is 29.5 Å². The molecule has 3 rings (SSSR count). The molecule has 1 N–H and O–H groups in total. The molecule has 1 amide bonds. The summed E-state index contributed by atoms with van der Waals surface area (Å²) >= 11 is 0. The minimum Gasteiger partial charge on any atom is -0.493 e. The number of amides is 1. The Morgan fingerprint density at radius 2 is 1.73 bits per heavy atom. The van der Waals surface area contributed by atoms with Gasteiger partial charge in [-0.3, -0.25) is 4.79 Å². The lowest BCUT2D eigenvalue weighted by molar-refractivity contribution is -0.115. The Kier molecular flexibility index (Phi) is 5.66. The van der Waals surface area contributed by atoms with Gasteiger partial charge in [-0.1, -0.05) is 18.2 Å². The van der Waals surface area contributed by atoms with E-state index in [1.165, 1.54) is 24.0 Å². The monoisotopic (exact) mass is 355 g/mol. The van der Waals surface area contributed by atoms with Crippen LogP contribution in [0.15, 0.2) is 30.3 Å². The van der Waals surface area contributed by atoms with Crippen LogP contribution >= 0.6 is 0 Å². The number of hydrogen-bond acceptors (Lipinski definition) is 4. The fourth-order valence-corrected chi connectivity index (χ4v) is 3.57. The Morgan fingerprint density at radius 1 is 0.962 bits per heavy atom. The van der Waals surface area contributed by atoms with Gasteiger partial charge in [0.25, 0.3) is 0 Å². The Labute approximate surface area is 154 Å². The van der Waals surface area contributed by atoms with Crippen LogP contribution in [0, 0.1) is 0 Å². The number of anilines is 1. The molecule has 5 heteroatoms. The lowest BCUT2D eigenvalue weighted by Gasteiger charge is -2.20. The third-order valence-electron chi connectivity index (χ3n) is 4.81. The summed E-state index contributed by atoms with van der Waals surface area (Å²) in [4.78, 5) is 12.7. The topological polar surface area (TPSA) is 56.8 Å². The number of hydrogen-bond donors (Lipinski definition) is 1. The molecule has 0 saturated heterocycles. The highest BCUT2D eigenvalue weighted by molar-refractivity contribution is 5.93. The number of fused-ring (bicyclic) bond motifs is 1. The largest absolute Gasteiger partial charge is 0.493 e. The van der Waals surface area contributed by atoms with Crippen LogP contribution in [-0.2, 0) is 24.1 Å². The number of methoxy groups -OCH3 is 3. The van der Waals surface area contributed by atoms with Crippen LogP contribution in [0.2, 0.25) is 0 Å². The van der Waals surface area contributed by atoms with Gasteiger partial charge in [-0.05, 0) is 48.9 Å². The SMILES string of the molecule is COc1ccc(CC(=O)Nc2cccc3c2CCCC3)c(OC)c1OC. The molecular weight excluding hydrogens is 330 g/mol. The first-order valence-corrected chi connectivity index (χ1v) is 8.86. The van der Waals surface area contributed by atoms with Gasteiger partial charge in [0, 0.05) is 11.3 Å². The maximum Gasteiger partial charge on any atom is 0.228 e. The Morgan fingerprint density at radius 3 is 2.46 bits per heavy atom. The second kappa shape index (κ2) is 8.13. The van der Waals surface area contributed by atoms with Crippen molar-refractivity contribution in [1.82, 2.24) is 0 Å². The molecule has 0 aliphatic heterocycles. The summed E-state index contributed by atoms with van der Waals surface area (Å²) in [6, 6.07) is 9.76. The molecule has 2 aromatic carbocycles. The summed E-state index contributed by atoms with van der Waals surface area (Å²) in [6.45, 7) is 0. The van der Waals surface area contributed by atoms with Crippen molar-refractivity contribution in [1.29, 1.82) is 0 Å². The Bertz CT molecular complexity index is 801. The average molecular weight is 355 g/mol. The van der Waals surface area contributed by atoms with Crippen molar-refractivity contribution in [2.45, 2.75) is 32.1 Å². The molecule has 138 valence electrons. The third-order valence-corrected chi connectivity index (χ3v) is 4.81. The zero-order valence-corrected chi connectivity index (χ0v) is 15.6. The predicted molar refractivity (Wildman–Crippen MR) is 102 cm³/mol. The molecule has 0 heterocycles. The number of carbonyl (C=O) groups excluding carboxylic acids is 1. The summed E-state index contributed by atoms with van der Waals surface area (Å²) in [5.41, 5.74) is 4.29. The van der Waals surface area contributed by atoms with E-state index in [1.807, 2.05) is 18.2 Å². The van der Waals surface area contributed by atoms with E-state index in [1.54, 1.807) is 27.4 Å². The summed E-state index contributed by atoms with van der Waals surface area (Å²) in [5, 5.41) is 3.07. The first-order valence-electron chi connectivity index (χ1n) is 8.86. The second-order valence-electron chi connectivity index (χ2n) is 6.37. The fraction of sp³-hybridized carbons (Fsp3) is 0.381. The number of carbonyl (C=O) groups is 1. The van der Waals surface area contributed by atoms with Crippen LogP contribution in [0.4, 0.5) is 5.69 Å². The van der Waals surface area contributed by atoms with Crippen LogP contribution in [0.3, 0.4) is 0 Å². The quantitative estimate of drug-likeness (QED) is 0.857. The molecule has 0 saturated carbocycles. The van der Waals surface area contributed by atoms with Crippen molar-refractivity contribution >= 4 is 11.6 Å². The lowest BCUT2D eigenvalue weighted by Crippen LogP contribution is -2.17. The van der Waals surface area contributed by atoms with E-state index in [-0.39, 0.29) is 12.3 Å². The fourth-order valence-electron chi connectivity index (χ4n) is 3.57. The van der Waals surface area contributed by atoms with E-state index in [2.05, 4.69) is 11.4 Å². The minimum absolute atomic E-state index is 0.0745. The van der Waals surface area contributed by atoms with Crippen LogP contribution in [0.25, 0.3) is 0 Å². The first-order chi connectivity index (χ1) is 12.7. The first kappa shape index (κ1) is 18.1. The van der Waals surface area contributed by atoms with Gasteiger partial charge in [0.2, 0.25) is 11.7 Å². The van der Waals surface area contributed by atoms with Crippen LogP contribution < -0.4 is 19.5 Å². The highest BCUT2D eigenvalue weighted by Gasteiger charge is 2.19. The smallest absolute Gasteiger partial charge is 0.228 e. The molecule has 0 unspecified atom stereocenters. The van der Waals surface area contributed by atoms with E-state index in [9.17, 15) is 4.79 Å². The molecule has 0 spiro atoms. The molecule has 0 fully saturated rings. The van der Waals surface area contributed by atoms with Crippen molar-refractivity contribution < 1.29 is 19.0 Å². The van der Waals surface area contributed by atoms with Crippen molar-refractivity contribution in [3.63, 3.8) is 0 Å². The summed E-state index contributed by atoms with van der Waals surface area (Å²) < 4.78 is 16.1. The van der Waals surface area contributed by atoms with Gasteiger partial charge >= 0.3 is 0 Å². The Balaban J connectivity index is 1.81. The zero-order valence-electron chi connectivity index (χ0n) is 15.6. The molecule has 0 atom stereocenters. The van der Waals surface area contributed by atoms with E-state index in [4.69, 9.17) is 14.2 Å². The molecule has 1 aliphatic rings. The predicted octanol–water partition coefficient (Wildman–Crippen LogP) is 3.77. The van der Waals surface area contributed by atoms with Gasteiger partial charge in [-0.15, -0.1) is 0 Å². The Hall–Kier alpha value is -2.69. The zero-order chi connectivity index (χ0) is 18.5. The third kappa shape index (κ3) is 3.62. The van der Waals surface area contributed by atoms with Gasteiger partial charge in [-0.2, -0.15) is 0 Å². The molecule has 5 nitrogen and oxygen atoms in total. The van der Waals surface area contributed by atoms with Crippen molar-refractivity contribution in [3.05, 3.63) is 47.0 Å². The van der Waals surface area contributed by atoms with Gasteiger partial charge in [0.15, 0.2) is 11.5 Å². The van der Waals surface area contributed by atoms with Gasteiger partial charge < -0.3 is 19.5 Å².